The van der Waals surface area contributed by atoms with Crippen LogP contribution >= 0.6 is 0 Å². The van der Waals surface area contributed by atoms with E-state index in [1.165, 1.54) is 0 Å². The first kappa shape index (κ1) is 23.0. The highest BCUT2D eigenvalue weighted by Crippen LogP contribution is 2.22. The Morgan fingerprint density at radius 1 is 0.882 bits per heavy atom. The summed E-state index contributed by atoms with van der Waals surface area (Å²) >= 11 is 0. The fourth-order valence-corrected chi connectivity index (χ4v) is 3.77. The molecule has 4 aromatic rings. The van der Waals surface area contributed by atoms with Gasteiger partial charge < -0.3 is 10.6 Å². The number of rotatable bonds is 9. The van der Waals surface area contributed by atoms with Crippen molar-refractivity contribution in [1.29, 1.82) is 0 Å². The number of benzene rings is 3. The van der Waals surface area contributed by atoms with Crippen LogP contribution in [0.3, 0.4) is 0 Å². The molecule has 172 valence electrons. The highest BCUT2D eigenvalue weighted by molar-refractivity contribution is 5.94. The molecule has 2 N–H and O–H groups in total. The predicted octanol–water partition coefficient (Wildman–Crippen LogP) is 4.42. The van der Waals surface area contributed by atoms with Crippen molar-refractivity contribution in [1.82, 2.24) is 20.4 Å². The lowest BCUT2D eigenvalue weighted by Gasteiger charge is -2.14. The topological polar surface area (TPSA) is 76.0 Å². The Bertz CT molecular complexity index is 1220. The Labute approximate surface area is 199 Å². The minimum absolute atomic E-state index is 0.129. The van der Waals surface area contributed by atoms with E-state index in [0.717, 1.165) is 22.4 Å². The van der Waals surface area contributed by atoms with E-state index in [1.807, 2.05) is 84.5 Å². The van der Waals surface area contributed by atoms with Crippen LogP contribution < -0.4 is 10.6 Å². The molecule has 0 unspecified atom stereocenters. The van der Waals surface area contributed by atoms with Crippen LogP contribution in [0.2, 0.25) is 0 Å². The fraction of sp³-hybridized carbons (Fsp3) is 0.179. The van der Waals surface area contributed by atoms with Crippen LogP contribution in [0.4, 0.5) is 0 Å². The van der Waals surface area contributed by atoms with E-state index in [0.29, 0.717) is 18.7 Å². The van der Waals surface area contributed by atoms with Gasteiger partial charge in [0.15, 0.2) is 0 Å². The monoisotopic (exact) mass is 452 g/mol. The summed E-state index contributed by atoms with van der Waals surface area (Å²) in [5, 5.41) is 10.7. The van der Waals surface area contributed by atoms with Crippen LogP contribution in [0.1, 0.15) is 34.8 Å². The summed E-state index contributed by atoms with van der Waals surface area (Å²) < 4.78 is 1.90. The molecule has 0 aliphatic rings. The van der Waals surface area contributed by atoms with E-state index in [9.17, 15) is 9.59 Å². The lowest BCUT2D eigenvalue weighted by atomic mass is 10.1. The zero-order valence-corrected chi connectivity index (χ0v) is 19.1. The van der Waals surface area contributed by atoms with Gasteiger partial charge >= 0.3 is 0 Å². The summed E-state index contributed by atoms with van der Waals surface area (Å²) in [4.78, 5) is 24.9. The van der Waals surface area contributed by atoms with E-state index in [-0.39, 0.29) is 24.3 Å². The first-order valence-corrected chi connectivity index (χ1v) is 11.4. The number of aromatic nitrogens is 2. The Morgan fingerprint density at radius 3 is 2.18 bits per heavy atom. The van der Waals surface area contributed by atoms with Gasteiger partial charge in [0, 0.05) is 41.9 Å². The number of carbonyl (C=O) groups excluding carboxylic acids is 2. The number of nitrogens with one attached hydrogen (secondary N) is 2. The average Bonchev–Trinajstić information content (AvgIpc) is 3.27. The van der Waals surface area contributed by atoms with Gasteiger partial charge in [-0.15, -0.1) is 0 Å². The van der Waals surface area contributed by atoms with Crippen LogP contribution in [0.15, 0.2) is 97.2 Å². The smallest absolute Gasteiger partial charge is 0.251 e. The summed E-state index contributed by atoms with van der Waals surface area (Å²) in [7, 11) is 0. The van der Waals surface area contributed by atoms with Crippen LogP contribution in [0, 0.1) is 0 Å². The van der Waals surface area contributed by atoms with Gasteiger partial charge in [0.2, 0.25) is 5.91 Å². The second-order valence-electron chi connectivity index (χ2n) is 8.27. The second kappa shape index (κ2) is 11.1. The molecule has 0 saturated carbocycles. The lowest BCUT2D eigenvalue weighted by molar-refractivity contribution is -0.121. The molecule has 1 heterocycles. The molecule has 4 rings (SSSR count). The van der Waals surface area contributed by atoms with Crippen LogP contribution in [-0.4, -0.2) is 27.6 Å². The van der Waals surface area contributed by atoms with Crippen molar-refractivity contribution in [3.05, 3.63) is 114 Å². The highest BCUT2D eigenvalue weighted by Gasteiger charge is 2.16. The zero-order chi connectivity index (χ0) is 23.8. The first-order valence-electron chi connectivity index (χ1n) is 11.4. The molecule has 1 atom stereocenters. The van der Waals surface area contributed by atoms with E-state index < -0.39 is 0 Å². The zero-order valence-electron chi connectivity index (χ0n) is 19.1. The van der Waals surface area contributed by atoms with Crippen molar-refractivity contribution in [2.45, 2.75) is 32.5 Å². The number of carbonyl (C=O) groups is 2. The largest absolute Gasteiger partial charge is 0.352 e. The van der Waals surface area contributed by atoms with Crippen molar-refractivity contribution in [3.63, 3.8) is 0 Å². The Kier molecular flexibility index (Phi) is 7.50. The van der Waals surface area contributed by atoms with Gasteiger partial charge in [0.1, 0.15) is 0 Å². The molecule has 0 radical (unpaired) electrons. The van der Waals surface area contributed by atoms with E-state index >= 15 is 0 Å². The molecule has 2 amide bonds. The molecule has 6 heteroatoms. The molecular formula is C28H28N4O2. The summed E-state index contributed by atoms with van der Waals surface area (Å²) in [6.07, 6.45) is 2.17. The van der Waals surface area contributed by atoms with Gasteiger partial charge in [-0.1, -0.05) is 78.9 Å². The van der Waals surface area contributed by atoms with E-state index in [4.69, 9.17) is 5.10 Å². The minimum Gasteiger partial charge on any atom is -0.352 e. The molecule has 0 aliphatic heterocycles. The van der Waals surface area contributed by atoms with E-state index in [1.54, 1.807) is 12.1 Å². The average molecular weight is 453 g/mol. The number of hydrogen-bond donors (Lipinski definition) is 2. The summed E-state index contributed by atoms with van der Waals surface area (Å²) in [5.41, 5.74) is 4.53. The van der Waals surface area contributed by atoms with Crippen LogP contribution in [0.5, 0.6) is 0 Å². The van der Waals surface area contributed by atoms with E-state index in [2.05, 4.69) is 22.8 Å². The van der Waals surface area contributed by atoms with Gasteiger partial charge in [-0.2, -0.15) is 5.10 Å². The van der Waals surface area contributed by atoms with Gasteiger partial charge in [0.05, 0.1) is 12.2 Å². The maximum absolute atomic E-state index is 12.6. The van der Waals surface area contributed by atoms with Crippen molar-refractivity contribution < 1.29 is 9.59 Å². The fourth-order valence-electron chi connectivity index (χ4n) is 3.77. The van der Waals surface area contributed by atoms with Crippen molar-refractivity contribution in [2.75, 3.05) is 0 Å². The SMILES string of the molecule is C[C@H](CC(=O)NCc1cn(Cc2ccccc2)nc1-c1ccccc1)NC(=O)c1ccccc1. The summed E-state index contributed by atoms with van der Waals surface area (Å²) in [5.74, 6) is -0.315. The first-order chi connectivity index (χ1) is 16.6. The number of nitrogens with zero attached hydrogens (tertiary/aromatic N) is 2. The number of hydrogen-bond acceptors (Lipinski definition) is 3. The third-order valence-electron chi connectivity index (χ3n) is 5.45. The molecule has 1 aromatic heterocycles. The lowest BCUT2D eigenvalue weighted by Crippen LogP contribution is -2.37. The second-order valence-corrected chi connectivity index (χ2v) is 8.27. The van der Waals surface area contributed by atoms with Gasteiger partial charge in [-0.3, -0.25) is 14.3 Å². The normalized spacial score (nSPS) is 11.6. The third-order valence-corrected chi connectivity index (χ3v) is 5.45. The maximum Gasteiger partial charge on any atom is 0.251 e. The van der Waals surface area contributed by atoms with Gasteiger partial charge in [-0.05, 0) is 24.6 Å². The Morgan fingerprint density at radius 2 is 1.50 bits per heavy atom. The molecule has 0 saturated heterocycles. The standard InChI is InChI=1S/C28H28N4O2/c1-21(30-28(34)24-15-9-4-10-16-24)17-26(33)29-18-25-20-32(19-22-11-5-2-6-12-22)31-27(25)23-13-7-3-8-14-23/h2-16,20-21H,17-19H2,1H3,(H,29,33)(H,30,34)/t21-/m1/s1. The van der Waals surface area contributed by atoms with Gasteiger partial charge in [0.25, 0.3) is 5.91 Å². The summed E-state index contributed by atoms with van der Waals surface area (Å²) in [6, 6.07) is 28.8. The highest BCUT2D eigenvalue weighted by atomic mass is 16.2. The molecule has 0 aliphatic carbocycles. The van der Waals surface area contributed by atoms with Crippen LogP contribution in [-0.2, 0) is 17.9 Å². The number of amides is 2. The van der Waals surface area contributed by atoms with Crippen LogP contribution in [0.25, 0.3) is 11.3 Å². The molecule has 0 spiro atoms. The molecule has 0 fully saturated rings. The molecular weight excluding hydrogens is 424 g/mol. The molecule has 0 bridgehead atoms. The molecule has 6 nitrogen and oxygen atoms in total. The summed E-state index contributed by atoms with van der Waals surface area (Å²) in [6.45, 7) is 2.84. The predicted molar refractivity (Wildman–Crippen MR) is 133 cm³/mol. The maximum atomic E-state index is 12.6. The quantitative estimate of drug-likeness (QED) is 0.395. The van der Waals surface area contributed by atoms with Crippen molar-refractivity contribution >= 4 is 11.8 Å². The molecule has 3 aromatic carbocycles. The van der Waals surface area contributed by atoms with Crippen molar-refractivity contribution in [3.8, 4) is 11.3 Å². The Balaban J connectivity index is 1.40. The third kappa shape index (κ3) is 6.19. The molecule has 34 heavy (non-hydrogen) atoms. The van der Waals surface area contributed by atoms with Gasteiger partial charge in [-0.25, -0.2) is 0 Å². The Hall–Kier alpha value is -4.19. The minimum atomic E-state index is -0.290. The van der Waals surface area contributed by atoms with Crippen molar-refractivity contribution in [2.24, 2.45) is 0 Å².